The highest BCUT2D eigenvalue weighted by Crippen LogP contribution is 2.25. The van der Waals surface area contributed by atoms with Crippen molar-refractivity contribution < 1.29 is 13.2 Å². The molecule has 3 N–H and O–H groups in total. The van der Waals surface area contributed by atoms with Crippen LogP contribution in [0.25, 0.3) is 10.9 Å². The van der Waals surface area contributed by atoms with Gasteiger partial charge in [-0.1, -0.05) is 41.4 Å². The first-order valence-corrected chi connectivity index (χ1v) is 9.88. The van der Waals surface area contributed by atoms with E-state index in [1.807, 2.05) is 24.3 Å². The van der Waals surface area contributed by atoms with Gasteiger partial charge >= 0.3 is 0 Å². The predicted octanol–water partition coefficient (Wildman–Crippen LogP) is 2.75. The summed E-state index contributed by atoms with van der Waals surface area (Å²) in [6, 6.07) is 11.4. The van der Waals surface area contributed by atoms with Crippen molar-refractivity contribution in [2.45, 2.75) is 11.4 Å². The Bertz CT molecular complexity index is 1160. The summed E-state index contributed by atoms with van der Waals surface area (Å²) < 4.78 is 26.4. The molecule has 27 heavy (non-hydrogen) atoms. The number of amides is 1. The van der Waals surface area contributed by atoms with Crippen LogP contribution in [-0.4, -0.2) is 25.1 Å². The molecule has 0 aliphatic heterocycles. The standard InChI is InChI=1S/C17H14Cl2N4O3S/c18-12-5-6-14(19)16(7-12)27(25,26)22-21-8-11-9-23(10-17(20)24)15-4-2-1-3-13(11)15/h1-9,22H,10H2,(H2,20,24). The molecule has 0 aliphatic carbocycles. The van der Waals surface area contributed by atoms with Crippen LogP contribution in [0, 0.1) is 0 Å². The second kappa shape index (κ2) is 7.59. The van der Waals surface area contributed by atoms with Gasteiger partial charge in [0.05, 0.1) is 11.2 Å². The van der Waals surface area contributed by atoms with Gasteiger partial charge in [-0.15, -0.1) is 0 Å². The number of primary amides is 1. The van der Waals surface area contributed by atoms with Gasteiger partial charge in [0.2, 0.25) is 5.91 Å². The van der Waals surface area contributed by atoms with Gasteiger partial charge in [0, 0.05) is 27.7 Å². The lowest BCUT2D eigenvalue weighted by atomic mass is 10.2. The highest BCUT2D eigenvalue weighted by molar-refractivity contribution is 7.89. The summed E-state index contributed by atoms with van der Waals surface area (Å²) in [6.45, 7) is -0.00178. The first-order valence-electron chi connectivity index (χ1n) is 7.64. The minimum Gasteiger partial charge on any atom is -0.368 e. The summed E-state index contributed by atoms with van der Waals surface area (Å²) in [7, 11) is -3.99. The maximum atomic E-state index is 12.4. The molecule has 3 aromatic rings. The Morgan fingerprint density at radius 3 is 2.70 bits per heavy atom. The Labute approximate surface area is 165 Å². The van der Waals surface area contributed by atoms with Crippen LogP contribution >= 0.6 is 23.2 Å². The monoisotopic (exact) mass is 424 g/mol. The van der Waals surface area contributed by atoms with Gasteiger partial charge in [0.25, 0.3) is 10.0 Å². The fraction of sp³-hybridized carbons (Fsp3) is 0.0588. The van der Waals surface area contributed by atoms with Crippen molar-refractivity contribution in [3.63, 3.8) is 0 Å². The van der Waals surface area contributed by atoms with Gasteiger partial charge < -0.3 is 10.3 Å². The third-order valence-corrected chi connectivity index (χ3v) is 5.64. The van der Waals surface area contributed by atoms with E-state index >= 15 is 0 Å². The van der Waals surface area contributed by atoms with Gasteiger partial charge in [0.1, 0.15) is 11.4 Å². The number of halogens is 2. The molecule has 140 valence electrons. The number of sulfonamides is 1. The van der Waals surface area contributed by atoms with Crippen molar-refractivity contribution in [3.8, 4) is 0 Å². The number of rotatable bonds is 6. The van der Waals surface area contributed by atoms with Crippen LogP contribution in [0.1, 0.15) is 5.56 Å². The minimum atomic E-state index is -3.99. The second-order valence-corrected chi connectivity index (χ2v) is 8.10. The van der Waals surface area contributed by atoms with Crippen molar-refractivity contribution in [2.75, 3.05) is 0 Å². The molecule has 0 spiro atoms. The molecule has 3 rings (SSSR count). The predicted molar refractivity (Wildman–Crippen MR) is 106 cm³/mol. The number of nitrogens with zero attached hydrogens (tertiary/aromatic N) is 2. The number of benzene rings is 2. The van der Waals surface area contributed by atoms with Crippen LogP contribution in [0.2, 0.25) is 10.0 Å². The molecule has 1 amide bonds. The van der Waals surface area contributed by atoms with Crippen LogP contribution in [0.5, 0.6) is 0 Å². The number of para-hydroxylation sites is 1. The quantitative estimate of drug-likeness (QED) is 0.469. The Kier molecular flexibility index (Phi) is 5.41. The van der Waals surface area contributed by atoms with E-state index in [1.54, 1.807) is 10.8 Å². The molecule has 7 nitrogen and oxygen atoms in total. The summed E-state index contributed by atoms with van der Waals surface area (Å²) in [5.41, 5.74) is 6.66. The molecule has 0 aliphatic rings. The van der Waals surface area contributed by atoms with E-state index in [1.165, 1.54) is 24.4 Å². The number of hydrazone groups is 1. The van der Waals surface area contributed by atoms with Gasteiger partial charge in [0.15, 0.2) is 0 Å². The Morgan fingerprint density at radius 2 is 1.96 bits per heavy atom. The van der Waals surface area contributed by atoms with Crippen molar-refractivity contribution in [1.29, 1.82) is 0 Å². The summed E-state index contributed by atoms with van der Waals surface area (Å²) in [5, 5.41) is 4.87. The fourth-order valence-electron chi connectivity index (χ4n) is 2.57. The van der Waals surface area contributed by atoms with Crippen molar-refractivity contribution >= 4 is 56.2 Å². The maximum Gasteiger partial charge on any atom is 0.278 e. The molecule has 10 heteroatoms. The second-order valence-electron chi connectivity index (χ2n) is 5.62. The summed E-state index contributed by atoms with van der Waals surface area (Å²) >= 11 is 11.8. The Hall–Kier alpha value is -2.55. The molecule has 0 unspecified atom stereocenters. The van der Waals surface area contributed by atoms with Crippen LogP contribution in [0.15, 0.2) is 58.7 Å². The van der Waals surface area contributed by atoms with E-state index in [0.717, 1.165) is 10.9 Å². The molecule has 1 heterocycles. The fourth-order valence-corrected chi connectivity index (χ4v) is 4.13. The number of hydrogen-bond donors (Lipinski definition) is 2. The average Bonchev–Trinajstić information content (AvgIpc) is 2.94. The number of carbonyl (C=O) groups is 1. The normalized spacial score (nSPS) is 11.9. The van der Waals surface area contributed by atoms with Gasteiger partial charge in [-0.05, 0) is 24.3 Å². The SMILES string of the molecule is NC(=O)Cn1cc(C=NNS(=O)(=O)c2cc(Cl)ccc2Cl)c2ccccc21. The number of hydrogen-bond acceptors (Lipinski definition) is 4. The first-order chi connectivity index (χ1) is 12.8. The van der Waals surface area contributed by atoms with E-state index in [-0.39, 0.29) is 21.5 Å². The maximum absolute atomic E-state index is 12.4. The number of aromatic nitrogens is 1. The largest absolute Gasteiger partial charge is 0.368 e. The molecular weight excluding hydrogens is 411 g/mol. The van der Waals surface area contributed by atoms with Crippen molar-refractivity contribution in [1.82, 2.24) is 9.40 Å². The van der Waals surface area contributed by atoms with E-state index in [9.17, 15) is 13.2 Å². The minimum absolute atomic E-state index is 0.00178. The van der Waals surface area contributed by atoms with E-state index in [4.69, 9.17) is 28.9 Å². The third-order valence-electron chi connectivity index (χ3n) is 3.70. The summed E-state index contributed by atoms with van der Waals surface area (Å²) in [5.74, 6) is -0.490. The van der Waals surface area contributed by atoms with E-state index < -0.39 is 15.9 Å². The molecule has 0 saturated carbocycles. The Balaban J connectivity index is 1.90. The smallest absolute Gasteiger partial charge is 0.278 e. The number of nitrogens with one attached hydrogen (secondary N) is 1. The van der Waals surface area contributed by atoms with E-state index in [0.29, 0.717) is 5.56 Å². The van der Waals surface area contributed by atoms with Crippen LogP contribution < -0.4 is 10.6 Å². The first kappa shape index (κ1) is 19.2. The Morgan fingerprint density at radius 1 is 1.22 bits per heavy atom. The van der Waals surface area contributed by atoms with Crippen molar-refractivity contribution in [2.24, 2.45) is 10.8 Å². The number of fused-ring (bicyclic) bond motifs is 1. The zero-order valence-electron chi connectivity index (χ0n) is 13.8. The molecule has 0 saturated heterocycles. The van der Waals surface area contributed by atoms with Crippen LogP contribution in [-0.2, 0) is 21.4 Å². The lowest BCUT2D eigenvalue weighted by Crippen LogP contribution is -2.19. The lowest BCUT2D eigenvalue weighted by Gasteiger charge is -2.05. The molecule has 2 aromatic carbocycles. The van der Waals surface area contributed by atoms with Crippen LogP contribution in [0.3, 0.4) is 0 Å². The highest BCUT2D eigenvalue weighted by Gasteiger charge is 2.17. The van der Waals surface area contributed by atoms with E-state index in [2.05, 4.69) is 9.93 Å². The molecule has 0 fully saturated rings. The average molecular weight is 425 g/mol. The van der Waals surface area contributed by atoms with Gasteiger partial charge in [-0.3, -0.25) is 4.79 Å². The molecular formula is C17H14Cl2N4O3S. The third kappa shape index (κ3) is 4.24. The van der Waals surface area contributed by atoms with Crippen LogP contribution in [0.4, 0.5) is 0 Å². The lowest BCUT2D eigenvalue weighted by molar-refractivity contribution is -0.118. The zero-order valence-corrected chi connectivity index (χ0v) is 16.1. The summed E-state index contributed by atoms with van der Waals surface area (Å²) in [4.78, 5) is 13.2. The number of carbonyl (C=O) groups excluding carboxylic acids is 1. The highest BCUT2D eigenvalue weighted by atomic mass is 35.5. The molecule has 0 bridgehead atoms. The van der Waals surface area contributed by atoms with Gasteiger partial charge in [-0.25, -0.2) is 4.83 Å². The molecule has 0 atom stereocenters. The summed E-state index contributed by atoms with van der Waals surface area (Å²) in [6.07, 6.45) is 3.01. The molecule has 1 aromatic heterocycles. The topological polar surface area (TPSA) is 107 Å². The zero-order chi connectivity index (χ0) is 19.6. The van der Waals surface area contributed by atoms with Gasteiger partial charge in [-0.2, -0.15) is 13.5 Å². The molecule has 0 radical (unpaired) electrons. The number of nitrogens with two attached hydrogens (primary N) is 1. The van der Waals surface area contributed by atoms with Crippen molar-refractivity contribution in [3.05, 3.63) is 64.3 Å².